The van der Waals surface area contributed by atoms with Crippen molar-refractivity contribution in [3.05, 3.63) is 82.2 Å². The zero-order valence-electron chi connectivity index (χ0n) is 23.7. The van der Waals surface area contributed by atoms with E-state index in [1.54, 1.807) is 0 Å². The topological polar surface area (TPSA) is 76.0 Å². The first-order valence-corrected chi connectivity index (χ1v) is 13.7. The maximum absolute atomic E-state index is 12.8. The van der Waals surface area contributed by atoms with Crippen molar-refractivity contribution >= 4 is 17.7 Å². The van der Waals surface area contributed by atoms with Gasteiger partial charge in [-0.05, 0) is 63.5 Å². The normalized spacial score (nSPS) is 23.0. The Bertz CT molecular complexity index is 1460. The number of pyridine rings is 1. The molecule has 8 heteroatoms. The number of ether oxygens (including phenoxy) is 2. The lowest BCUT2D eigenvalue weighted by atomic mass is 9.85. The van der Waals surface area contributed by atoms with Crippen LogP contribution in [0.4, 0.5) is 4.79 Å². The summed E-state index contributed by atoms with van der Waals surface area (Å²) in [7, 11) is 2.02. The van der Waals surface area contributed by atoms with E-state index in [9.17, 15) is 4.79 Å². The number of aromatic nitrogens is 3. The summed E-state index contributed by atoms with van der Waals surface area (Å²) in [5, 5.41) is 0. The van der Waals surface area contributed by atoms with E-state index < -0.39 is 11.2 Å². The smallest absolute Gasteiger partial charge is 0.410 e. The highest BCUT2D eigenvalue weighted by atomic mass is 16.6. The van der Waals surface area contributed by atoms with Crippen molar-refractivity contribution < 1.29 is 14.3 Å². The molecule has 0 saturated carbocycles. The number of benzene rings is 1. The highest BCUT2D eigenvalue weighted by Gasteiger charge is 2.54. The number of fused-ring (bicyclic) bond motifs is 2. The largest absolute Gasteiger partial charge is 0.444 e. The van der Waals surface area contributed by atoms with E-state index in [0.29, 0.717) is 19.7 Å². The molecule has 1 aliphatic carbocycles. The van der Waals surface area contributed by atoms with Crippen LogP contribution < -0.4 is 0 Å². The summed E-state index contributed by atoms with van der Waals surface area (Å²) >= 11 is 0. The molecule has 39 heavy (non-hydrogen) atoms. The third-order valence-corrected chi connectivity index (χ3v) is 8.04. The average Bonchev–Trinajstić information content (AvgIpc) is 3.64. The van der Waals surface area contributed by atoms with Gasteiger partial charge in [0.15, 0.2) is 5.60 Å². The van der Waals surface area contributed by atoms with Gasteiger partial charge in [0.05, 0.1) is 24.7 Å². The molecular formula is C31H37N5O3. The number of hydrogen-bond donors (Lipinski definition) is 0. The number of piperazine rings is 1. The molecule has 1 aromatic carbocycles. The van der Waals surface area contributed by atoms with Crippen molar-refractivity contribution in [2.45, 2.75) is 51.9 Å². The second kappa shape index (κ2) is 9.31. The molecule has 0 N–H and O–H groups in total. The van der Waals surface area contributed by atoms with Gasteiger partial charge < -0.3 is 18.9 Å². The van der Waals surface area contributed by atoms with Gasteiger partial charge in [-0.25, -0.2) is 9.78 Å². The third-order valence-electron chi connectivity index (χ3n) is 8.04. The lowest BCUT2D eigenvalue weighted by Gasteiger charge is -2.40. The minimum atomic E-state index is -0.578. The zero-order valence-corrected chi connectivity index (χ0v) is 23.7. The molecule has 2 fully saturated rings. The fraction of sp³-hybridized carbons (Fsp3) is 0.452. The van der Waals surface area contributed by atoms with Crippen LogP contribution in [-0.4, -0.2) is 68.8 Å². The maximum Gasteiger partial charge on any atom is 0.410 e. The van der Waals surface area contributed by atoms with Gasteiger partial charge in [0, 0.05) is 50.7 Å². The zero-order chi connectivity index (χ0) is 27.5. The molecule has 204 valence electrons. The van der Waals surface area contributed by atoms with Gasteiger partial charge >= 0.3 is 6.09 Å². The lowest BCUT2D eigenvalue weighted by molar-refractivity contribution is 0.0118. The average molecular weight is 528 g/mol. The lowest BCUT2D eigenvalue weighted by Crippen LogP contribution is -2.51. The van der Waals surface area contributed by atoms with Crippen LogP contribution in [0, 0.1) is 13.8 Å². The highest BCUT2D eigenvalue weighted by Crippen LogP contribution is 2.54. The molecular weight excluding hydrogens is 490 g/mol. The summed E-state index contributed by atoms with van der Waals surface area (Å²) in [6.07, 6.45) is 5.76. The molecule has 3 aliphatic rings. The molecule has 3 aromatic rings. The van der Waals surface area contributed by atoms with E-state index in [4.69, 9.17) is 19.4 Å². The number of imidazole rings is 1. The molecule has 2 aliphatic heterocycles. The summed E-state index contributed by atoms with van der Waals surface area (Å²) in [5.74, 6) is 0. The van der Waals surface area contributed by atoms with E-state index in [2.05, 4.69) is 53.7 Å². The van der Waals surface area contributed by atoms with E-state index in [0.717, 1.165) is 41.3 Å². The summed E-state index contributed by atoms with van der Waals surface area (Å²) in [4.78, 5) is 26.7. The Balaban J connectivity index is 1.41. The number of nitrogens with zero attached hydrogens (tertiary/aromatic N) is 5. The Kier molecular flexibility index (Phi) is 6.15. The van der Waals surface area contributed by atoms with Gasteiger partial charge in [-0.3, -0.25) is 9.88 Å². The predicted molar refractivity (Wildman–Crippen MR) is 150 cm³/mol. The Morgan fingerprint density at radius 2 is 1.85 bits per heavy atom. The van der Waals surface area contributed by atoms with Gasteiger partial charge in [0.2, 0.25) is 0 Å². The van der Waals surface area contributed by atoms with Crippen LogP contribution in [0.3, 0.4) is 0 Å². The minimum Gasteiger partial charge on any atom is -0.444 e. The van der Waals surface area contributed by atoms with Crippen LogP contribution in [-0.2, 0) is 22.1 Å². The predicted octanol–water partition coefficient (Wildman–Crippen LogP) is 4.85. The Morgan fingerprint density at radius 1 is 1.10 bits per heavy atom. The first-order valence-electron chi connectivity index (χ1n) is 13.7. The molecule has 0 spiro atoms. The summed E-state index contributed by atoms with van der Waals surface area (Å²) in [6, 6.07) is 10.8. The fourth-order valence-electron chi connectivity index (χ4n) is 5.88. The SMILES string of the molecule is Cc1ccc2c(c1)C(C1(c3ncn(C)c3C)CO1)=Cc1cccnc1[C@H]2N1CCN(C(=O)OC(C)(C)C)CC1. The number of rotatable bonds is 3. The van der Waals surface area contributed by atoms with Gasteiger partial charge in [-0.1, -0.05) is 29.8 Å². The molecule has 4 heterocycles. The molecule has 0 radical (unpaired) electrons. The Hall–Kier alpha value is -3.49. The van der Waals surface area contributed by atoms with Gasteiger partial charge in [0.25, 0.3) is 0 Å². The second-order valence-electron chi connectivity index (χ2n) is 11.9. The number of aryl methyl sites for hydroxylation is 2. The van der Waals surface area contributed by atoms with Crippen LogP contribution >= 0.6 is 0 Å². The molecule has 0 bridgehead atoms. The van der Waals surface area contributed by atoms with Crippen molar-refractivity contribution in [1.29, 1.82) is 0 Å². The molecule has 8 nitrogen and oxygen atoms in total. The van der Waals surface area contributed by atoms with Crippen molar-refractivity contribution in [2.24, 2.45) is 7.05 Å². The quantitative estimate of drug-likeness (QED) is 0.453. The van der Waals surface area contributed by atoms with Gasteiger partial charge in [-0.2, -0.15) is 0 Å². The van der Waals surface area contributed by atoms with Crippen molar-refractivity contribution in [3.8, 4) is 0 Å². The molecule has 1 unspecified atom stereocenters. The summed E-state index contributed by atoms with van der Waals surface area (Å²) in [6.45, 7) is 13.2. The van der Waals surface area contributed by atoms with Crippen molar-refractivity contribution in [3.63, 3.8) is 0 Å². The second-order valence-corrected chi connectivity index (χ2v) is 11.9. The summed E-state index contributed by atoms with van der Waals surface area (Å²) < 4.78 is 14.0. The number of hydrogen-bond acceptors (Lipinski definition) is 6. The fourth-order valence-corrected chi connectivity index (χ4v) is 5.88. The maximum atomic E-state index is 12.8. The third kappa shape index (κ3) is 4.55. The van der Waals surface area contributed by atoms with E-state index >= 15 is 0 Å². The van der Waals surface area contributed by atoms with Gasteiger partial charge in [-0.15, -0.1) is 0 Å². The molecule has 6 rings (SSSR count). The molecule has 2 aromatic heterocycles. The van der Waals surface area contributed by atoms with Crippen molar-refractivity contribution in [1.82, 2.24) is 24.3 Å². The first-order chi connectivity index (χ1) is 18.6. The first kappa shape index (κ1) is 25.8. The van der Waals surface area contributed by atoms with Crippen LogP contribution in [0.25, 0.3) is 11.6 Å². The number of amides is 1. The van der Waals surface area contributed by atoms with Crippen LogP contribution in [0.1, 0.15) is 66.1 Å². The van der Waals surface area contributed by atoms with E-state index in [1.807, 2.05) is 51.3 Å². The number of epoxide rings is 1. The Morgan fingerprint density at radius 3 is 2.49 bits per heavy atom. The van der Waals surface area contributed by atoms with Crippen molar-refractivity contribution in [2.75, 3.05) is 32.8 Å². The number of carbonyl (C=O) groups is 1. The van der Waals surface area contributed by atoms with Crippen LogP contribution in [0.2, 0.25) is 0 Å². The van der Waals surface area contributed by atoms with Gasteiger partial charge in [0.1, 0.15) is 11.3 Å². The van der Waals surface area contributed by atoms with E-state index in [1.165, 1.54) is 16.7 Å². The summed E-state index contributed by atoms with van der Waals surface area (Å²) in [5.41, 5.74) is 7.81. The van der Waals surface area contributed by atoms with Crippen LogP contribution in [0.15, 0.2) is 42.9 Å². The molecule has 2 saturated heterocycles. The number of carbonyl (C=O) groups excluding carboxylic acids is 1. The monoisotopic (exact) mass is 527 g/mol. The van der Waals surface area contributed by atoms with Crippen LogP contribution in [0.5, 0.6) is 0 Å². The Labute approximate surface area is 230 Å². The molecule has 1 amide bonds. The highest BCUT2D eigenvalue weighted by molar-refractivity contribution is 5.91. The molecule has 2 atom stereocenters. The minimum absolute atomic E-state index is 0.0491. The standard InChI is InChI=1S/C31H37N5O3/c1-20-9-10-23-24(16-20)25(31(18-38-31)28-21(2)34(6)19-33-28)17-22-8-7-11-32-26(22)27(23)35-12-14-36(15-13-35)29(37)39-30(3,4)5/h7-11,16-17,19,27H,12-15,18H2,1-6H3/t27-,31?/m0/s1. The van der Waals surface area contributed by atoms with E-state index in [-0.39, 0.29) is 12.1 Å².